The molecule has 0 aliphatic carbocycles. The van der Waals surface area contributed by atoms with Crippen molar-refractivity contribution >= 4 is 44.1 Å². The molecule has 29 heavy (non-hydrogen) atoms. The number of hydrogen-bond acceptors (Lipinski definition) is 4. The molecule has 1 amide bonds. The number of nitrogens with zero attached hydrogens (tertiary/aromatic N) is 1. The summed E-state index contributed by atoms with van der Waals surface area (Å²) < 4.78 is 26.6. The predicted molar refractivity (Wildman–Crippen MR) is 112 cm³/mol. The van der Waals surface area contributed by atoms with Crippen molar-refractivity contribution in [2.75, 3.05) is 18.4 Å². The lowest BCUT2D eigenvalue weighted by Gasteiger charge is -2.15. The Morgan fingerprint density at radius 1 is 1.07 bits per heavy atom. The average molecular weight is 432 g/mol. The van der Waals surface area contributed by atoms with Gasteiger partial charge < -0.3 is 10.3 Å². The van der Waals surface area contributed by atoms with Crippen LogP contribution < -0.4 is 10.7 Å². The van der Waals surface area contributed by atoms with Crippen molar-refractivity contribution in [2.24, 2.45) is 0 Å². The smallest absolute Gasteiger partial charge is 0.261 e. The van der Waals surface area contributed by atoms with E-state index < -0.39 is 21.4 Å². The highest BCUT2D eigenvalue weighted by Crippen LogP contribution is 2.23. The molecule has 7 nitrogen and oxygen atoms in total. The van der Waals surface area contributed by atoms with Crippen molar-refractivity contribution in [3.63, 3.8) is 0 Å². The molecular formula is C20H18ClN3O4S. The van der Waals surface area contributed by atoms with Gasteiger partial charge in [0, 0.05) is 30.4 Å². The number of carbonyl (C=O) groups excluding carboxylic acids is 1. The maximum atomic E-state index is 12.6. The summed E-state index contributed by atoms with van der Waals surface area (Å²) in [4.78, 5) is 28.2. The SMILES string of the molecule is O=C(Nc1ccc(S(=O)(=O)N2CCCC2)cc1)c1c[nH]c2c(Cl)cccc2c1=O. The van der Waals surface area contributed by atoms with E-state index in [0.717, 1.165) is 12.8 Å². The Balaban J connectivity index is 1.57. The molecule has 2 N–H and O–H groups in total. The molecule has 1 aliphatic heterocycles. The molecule has 2 heterocycles. The fraction of sp³-hybridized carbons (Fsp3) is 0.200. The molecule has 4 rings (SSSR count). The number of benzene rings is 2. The third kappa shape index (κ3) is 3.66. The molecule has 0 spiro atoms. The zero-order chi connectivity index (χ0) is 20.6. The number of amides is 1. The summed E-state index contributed by atoms with van der Waals surface area (Å²) in [6.07, 6.45) is 3.04. The van der Waals surface area contributed by atoms with Gasteiger partial charge in [-0.3, -0.25) is 9.59 Å². The van der Waals surface area contributed by atoms with Gasteiger partial charge in [0.25, 0.3) is 5.91 Å². The van der Waals surface area contributed by atoms with Crippen molar-refractivity contribution in [3.8, 4) is 0 Å². The van der Waals surface area contributed by atoms with Crippen molar-refractivity contribution in [3.05, 3.63) is 69.5 Å². The summed E-state index contributed by atoms with van der Waals surface area (Å²) >= 11 is 6.07. The van der Waals surface area contributed by atoms with Crippen LogP contribution in [0.15, 0.2) is 58.4 Å². The number of para-hydroxylation sites is 1. The number of carbonyl (C=O) groups is 1. The van der Waals surface area contributed by atoms with Gasteiger partial charge in [-0.15, -0.1) is 0 Å². The molecule has 9 heteroatoms. The molecule has 1 aliphatic rings. The van der Waals surface area contributed by atoms with E-state index in [2.05, 4.69) is 10.3 Å². The normalized spacial score (nSPS) is 14.9. The molecule has 1 saturated heterocycles. The van der Waals surface area contributed by atoms with E-state index in [1.54, 1.807) is 18.2 Å². The molecule has 1 fully saturated rings. The second kappa shape index (κ2) is 7.62. The van der Waals surface area contributed by atoms with Gasteiger partial charge in [-0.05, 0) is 49.2 Å². The highest BCUT2D eigenvalue weighted by Gasteiger charge is 2.27. The molecule has 1 aromatic heterocycles. The summed E-state index contributed by atoms with van der Waals surface area (Å²) in [5.74, 6) is -0.594. The molecule has 3 aromatic rings. The van der Waals surface area contributed by atoms with E-state index in [9.17, 15) is 18.0 Å². The molecule has 0 bridgehead atoms. The van der Waals surface area contributed by atoms with E-state index in [-0.39, 0.29) is 10.5 Å². The summed E-state index contributed by atoms with van der Waals surface area (Å²) in [7, 11) is -3.52. The number of aromatic nitrogens is 1. The third-order valence-corrected chi connectivity index (χ3v) is 7.15. The van der Waals surface area contributed by atoms with Crippen LogP contribution in [0, 0.1) is 0 Å². The van der Waals surface area contributed by atoms with Gasteiger partial charge >= 0.3 is 0 Å². The molecule has 0 radical (unpaired) electrons. The number of sulfonamides is 1. The van der Waals surface area contributed by atoms with Gasteiger partial charge in [-0.2, -0.15) is 4.31 Å². The number of aromatic amines is 1. The summed E-state index contributed by atoms with van der Waals surface area (Å²) in [5.41, 5.74) is 0.355. The second-order valence-electron chi connectivity index (χ2n) is 6.78. The predicted octanol–water partition coefficient (Wildman–Crippen LogP) is 3.22. The van der Waals surface area contributed by atoms with Crippen LogP contribution >= 0.6 is 11.6 Å². The van der Waals surface area contributed by atoms with Crippen LogP contribution in [0.25, 0.3) is 10.9 Å². The van der Waals surface area contributed by atoms with Crippen molar-refractivity contribution < 1.29 is 13.2 Å². The topological polar surface area (TPSA) is 99.3 Å². The van der Waals surface area contributed by atoms with Gasteiger partial charge in [0.1, 0.15) is 5.56 Å². The van der Waals surface area contributed by atoms with Crippen molar-refractivity contribution in [2.45, 2.75) is 17.7 Å². The van der Waals surface area contributed by atoms with Crippen molar-refractivity contribution in [1.82, 2.24) is 9.29 Å². The van der Waals surface area contributed by atoms with E-state index in [4.69, 9.17) is 11.6 Å². The minimum absolute atomic E-state index is 0.0615. The second-order valence-corrected chi connectivity index (χ2v) is 9.13. The highest BCUT2D eigenvalue weighted by molar-refractivity contribution is 7.89. The number of halogens is 1. The zero-order valence-electron chi connectivity index (χ0n) is 15.3. The van der Waals surface area contributed by atoms with Crippen LogP contribution in [0.3, 0.4) is 0 Å². The van der Waals surface area contributed by atoms with E-state index in [1.165, 1.54) is 34.8 Å². The largest absolute Gasteiger partial charge is 0.359 e. The molecule has 0 unspecified atom stereocenters. The number of H-pyrrole nitrogens is 1. The van der Waals surface area contributed by atoms with E-state index in [0.29, 0.717) is 34.7 Å². The standard InChI is InChI=1S/C20H18ClN3O4S/c21-17-5-3-4-15-18(17)22-12-16(19(15)25)20(26)23-13-6-8-14(9-7-13)29(27,28)24-10-1-2-11-24/h3-9,12H,1-2,10-11H2,(H,22,25)(H,23,26). The summed E-state index contributed by atoms with van der Waals surface area (Å²) in [6.45, 7) is 1.05. The van der Waals surface area contributed by atoms with Crippen LogP contribution in [-0.2, 0) is 10.0 Å². The van der Waals surface area contributed by atoms with Crippen LogP contribution in [0.2, 0.25) is 5.02 Å². The molecule has 0 saturated carbocycles. The number of hydrogen-bond donors (Lipinski definition) is 2. The van der Waals surface area contributed by atoms with Gasteiger partial charge in [0.15, 0.2) is 0 Å². The maximum absolute atomic E-state index is 12.6. The molecular weight excluding hydrogens is 414 g/mol. The Bertz CT molecular complexity index is 1250. The third-order valence-electron chi connectivity index (χ3n) is 4.92. The number of pyridine rings is 1. The number of fused-ring (bicyclic) bond motifs is 1. The number of nitrogens with one attached hydrogen (secondary N) is 2. The first-order chi connectivity index (χ1) is 13.9. The monoisotopic (exact) mass is 431 g/mol. The lowest BCUT2D eigenvalue weighted by atomic mass is 10.1. The first-order valence-corrected chi connectivity index (χ1v) is 10.9. The van der Waals surface area contributed by atoms with Crippen LogP contribution in [0.5, 0.6) is 0 Å². The number of rotatable bonds is 4. The van der Waals surface area contributed by atoms with Crippen molar-refractivity contribution in [1.29, 1.82) is 0 Å². The molecule has 2 aromatic carbocycles. The summed E-state index contributed by atoms with van der Waals surface area (Å²) in [5, 5.41) is 3.33. The fourth-order valence-corrected chi connectivity index (χ4v) is 5.12. The number of anilines is 1. The first kappa shape index (κ1) is 19.6. The minimum atomic E-state index is -3.52. The van der Waals surface area contributed by atoms with Crippen LogP contribution in [0.1, 0.15) is 23.2 Å². The van der Waals surface area contributed by atoms with E-state index >= 15 is 0 Å². The van der Waals surface area contributed by atoms with Gasteiger partial charge in [-0.25, -0.2) is 8.42 Å². The minimum Gasteiger partial charge on any atom is -0.359 e. The Morgan fingerprint density at radius 3 is 2.45 bits per heavy atom. The van der Waals surface area contributed by atoms with Gasteiger partial charge in [0.05, 0.1) is 15.4 Å². The fourth-order valence-electron chi connectivity index (χ4n) is 3.37. The van der Waals surface area contributed by atoms with Gasteiger partial charge in [0.2, 0.25) is 15.5 Å². The lowest BCUT2D eigenvalue weighted by molar-refractivity contribution is 0.102. The lowest BCUT2D eigenvalue weighted by Crippen LogP contribution is -2.27. The van der Waals surface area contributed by atoms with E-state index in [1.807, 2.05) is 0 Å². The quantitative estimate of drug-likeness (QED) is 0.662. The summed E-state index contributed by atoms with van der Waals surface area (Å²) in [6, 6.07) is 10.8. The van der Waals surface area contributed by atoms with Crippen LogP contribution in [-0.4, -0.2) is 36.7 Å². The van der Waals surface area contributed by atoms with Gasteiger partial charge in [-0.1, -0.05) is 17.7 Å². The molecule has 150 valence electrons. The first-order valence-electron chi connectivity index (χ1n) is 9.09. The maximum Gasteiger partial charge on any atom is 0.261 e. The average Bonchev–Trinajstić information content (AvgIpc) is 3.25. The Labute approximate surface area is 172 Å². The Hall–Kier alpha value is -2.68. The molecule has 0 atom stereocenters. The Morgan fingerprint density at radius 2 is 1.76 bits per heavy atom. The zero-order valence-corrected chi connectivity index (χ0v) is 16.9. The van der Waals surface area contributed by atoms with Crippen LogP contribution in [0.4, 0.5) is 5.69 Å². The highest BCUT2D eigenvalue weighted by atomic mass is 35.5. The Kier molecular flexibility index (Phi) is 5.16.